The number of non-ortho nitro benzene ring substituents is 1. The molecule has 0 spiro atoms. The van der Waals surface area contributed by atoms with Crippen LogP contribution in [-0.2, 0) is 14.3 Å². The largest absolute Gasteiger partial charge is 0.469 e. The van der Waals surface area contributed by atoms with Crippen LogP contribution < -0.4 is 0 Å². The Labute approximate surface area is 175 Å². The van der Waals surface area contributed by atoms with E-state index in [1.54, 1.807) is 26.8 Å². The highest BCUT2D eigenvalue weighted by Gasteiger charge is 2.45. The summed E-state index contributed by atoms with van der Waals surface area (Å²) in [5.74, 6) is -1.07. The van der Waals surface area contributed by atoms with Gasteiger partial charge < -0.3 is 14.4 Å². The molecule has 1 saturated heterocycles. The predicted octanol–water partition coefficient (Wildman–Crippen LogP) is 4.57. The van der Waals surface area contributed by atoms with E-state index in [1.165, 1.54) is 35.9 Å². The molecular formula is C20H28N2O6S. The van der Waals surface area contributed by atoms with Crippen molar-refractivity contribution in [2.45, 2.75) is 62.8 Å². The number of benzene rings is 1. The zero-order valence-corrected chi connectivity index (χ0v) is 18.4. The third-order valence-electron chi connectivity index (χ3n) is 4.42. The normalized spacial score (nSPS) is 19.3. The number of hydrogen-bond donors (Lipinski definition) is 0. The quantitative estimate of drug-likeness (QED) is 0.295. The van der Waals surface area contributed by atoms with Gasteiger partial charge in [-0.2, -0.15) is 0 Å². The fourth-order valence-electron chi connectivity index (χ4n) is 3.34. The molecule has 1 aliphatic heterocycles. The molecule has 8 nitrogen and oxygen atoms in total. The average molecular weight is 425 g/mol. The standard InChI is InChI=1S/C20H28N2O6S/c1-12(2)29-16-8-7-13(22(25)26)11-15(16)17-14(18(23)27-6)9-10-21(17)19(24)28-20(3,4)5/h7-8,11-12,14,17H,9-10H2,1-6H3/t14-,17+/m0/s1. The second-order valence-corrected chi connectivity index (χ2v) is 9.80. The number of methoxy groups -OCH3 is 1. The van der Waals surface area contributed by atoms with Crippen LogP contribution in [0.1, 0.15) is 52.6 Å². The van der Waals surface area contributed by atoms with Crippen LogP contribution in [0.15, 0.2) is 23.1 Å². The van der Waals surface area contributed by atoms with Crippen molar-refractivity contribution in [2.75, 3.05) is 13.7 Å². The summed E-state index contributed by atoms with van der Waals surface area (Å²) in [5.41, 5.74) is -0.229. The molecule has 1 amide bonds. The van der Waals surface area contributed by atoms with Crippen LogP contribution in [0, 0.1) is 16.0 Å². The van der Waals surface area contributed by atoms with E-state index in [-0.39, 0.29) is 10.9 Å². The molecule has 9 heteroatoms. The highest BCUT2D eigenvalue weighted by atomic mass is 32.2. The number of esters is 1. The second kappa shape index (κ2) is 9.02. The molecule has 2 atom stereocenters. The van der Waals surface area contributed by atoms with E-state index < -0.39 is 34.5 Å². The zero-order valence-electron chi connectivity index (χ0n) is 17.6. The first-order valence-electron chi connectivity index (χ1n) is 9.47. The van der Waals surface area contributed by atoms with E-state index in [4.69, 9.17) is 9.47 Å². The Hall–Kier alpha value is -2.29. The van der Waals surface area contributed by atoms with Gasteiger partial charge in [-0.05, 0) is 38.8 Å². The minimum Gasteiger partial charge on any atom is -0.469 e. The van der Waals surface area contributed by atoms with Crippen molar-refractivity contribution in [1.82, 2.24) is 4.90 Å². The summed E-state index contributed by atoms with van der Waals surface area (Å²) in [6.07, 6.45) is -0.161. The fraction of sp³-hybridized carbons (Fsp3) is 0.600. The van der Waals surface area contributed by atoms with Crippen molar-refractivity contribution in [3.05, 3.63) is 33.9 Å². The molecule has 0 N–H and O–H groups in total. The van der Waals surface area contributed by atoms with Crippen molar-refractivity contribution >= 4 is 29.5 Å². The molecule has 1 fully saturated rings. The smallest absolute Gasteiger partial charge is 0.410 e. The van der Waals surface area contributed by atoms with Gasteiger partial charge in [0.1, 0.15) is 5.60 Å². The van der Waals surface area contributed by atoms with Crippen LogP contribution >= 0.6 is 11.8 Å². The molecule has 0 aliphatic carbocycles. The summed E-state index contributed by atoms with van der Waals surface area (Å²) in [6.45, 7) is 9.61. The van der Waals surface area contributed by atoms with Crippen molar-refractivity contribution in [3.63, 3.8) is 0 Å². The number of thioether (sulfide) groups is 1. The lowest BCUT2D eigenvalue weighted by Gasteiger charge is -2.31. The number of nitrogens with zero attached hydrogens (tertiary/aromatic N) is 2. The lowest BCUT2D eigenvalue weighted by molar-refractivity contribution is -0.385. The lowest BCUT2D eigenvalue weighted by atomic mass is 9.93. The van der Waals surface area contributed by atoms with Gasteiger partial charge in [0.2, 0.25) is 0 Å². The van der Waals surface area contributed by atoms with Crippen LogP contribution in [0.5, 0.6) is 0 Å². The van der Waals surface area contributed by atoms with Gasteiger partial charge in [-0.1, -0.05) is 13.8 Å². The van der Waals surface area contributed by atoms with Crippen molar-refractivity contribution in [3.8, 4) is 0 Å². The van der Waals surface area contributed by atoms with Crippen LogP contribution in [0.3, 0.4) is 0 Å². The number of amides is 1. The molecule has 1 aromatic rings. The number of nitro groups is 1. The number of rotatable bonds is 5. The summed E-state index contributed by atoms with van der Waals surface area (Å²) in [7, 11) is 1.30. The van der Waals surface area contributed by atoms with Crippen molar-refractivity contribution in [2.24, 2.45) is 5.92 Å². The fourth-order valence-corrected chi connectivity index (χ4v) is 4.31. The Morgan fingerprint density at radius 2 is 1.97 bits per heavy atom. The number of ether oxygens (including phenoxy) is 2. The van der Waals surface area contributed by atoms with Crippen LogP contribution in [0.4, 0.5) is 10.5 Å². The van der Waals surface area contributed by atoms with Gasteiger partial charge in [-0.25, -0.2) is 4.79 Å². The predicted molar refractivity (Wildman–Crippen MR) is 110 cm³/mol. The molecule has 0 saturated carbocycles. The maximum atomic E-state index is 12.9. The van der Waals surface area contributed by atoms with Crippen LogP contribution in [-0.4, -0.2) is 46.4 Å². The summed E-state index contributed by atoms with van der Waals surface area (Å²) >= 11 is 1.53. The molecule has 2 rings (SSSR count). The van der Waals surface area contributed by atoms with E-state index in [2.05, 4.69) is 0 Å². The van der Waals surface area contributed by atoms with Gasteiger partial charge in [0.15, 0.2) is 0 Å². The van der Waals surface area contributed by atoms with E-state index in [9.17, 15) is 19.7 Å². The maximum Gasteiger partial charge on any atom is 0.410 e. The van der Waals surface area contributed by atoms with Gasteiger partial charge in [0, 0.05) is 28.8 Å². The summed E-state index contributed by atoms with van der Waals surface area (Å²) in [4.78, 5) is 38.5. The molecule has 0 bridgehead atoms. The summed E-state index contributed by atoms with van der Waals surface area (Å²) in [5, 5.41) is 11.6. The van der Waals surface area contributed by atoms with Gasteiger partial charge in [0.05, 0.1) is 24.0 Å². The second-order valence-electron chi connectivity index (χ2n) is 8.18. The third kappa shape index (κ3) is 5.62. The Kier molecular flexibility index (Phi) is 7.15. The first-order valence-corrected chi connectivity index (χ1v) is 10.3. The number of likely N-dealkylation sites (tertiary alicyclic amines) is 1. The molecule has 1 heterocycles. The summed E-state index contributed by atoms with van der Waals surface area (Å²) in [6, 6.07) is 3.87. The Bertz CT molecular complexity index is 790. The first-order chi connectivity index (χ1) is 13.4. The highest BCUT2D eigenvalue weighted by Crippen LogP contribution is 2.44. The van der Waals surface area contributed by atoms with E-state index in [0.717, 1.165) is 4.90 Å². The molecular weight excluding hydrogens is 396 g/mol. The number of hydrogen-bond acceptors (Lipinski definition) is 7. The third-order valence-corrected chi connectivity index (χ3v) is 5.51. The topological polar surface area (TPSA) is 99.0 Å². The van der Waals surface area contributed by atoms with Gasteiger partial charge in [-0.15, -0.1) is 11.8 Å². The Morgan fingerprint density at radius 3 is 2.48 bits per heavy atom. The summed E-state index contributed by atoms with van der Waals surface area (Å²) < 4.78 is 10.5. The molecule has 160 valence electrons. The molecule has 0 radical (unpaired) electrons. The van der Waals surface area contributed by atoms with E-state index in [0.29, 0.717) is 18.5 Å². The number of carbonyl (C=O) groups excluding carboxylic acids is 2. The number of nitro benzene ring substituents is 1. The molecule has 0 aromatic heterocycles. The van der Waals surface area contributed by atoms with Gasteiger partial charge in [0.25, 0.3) is 5.69 Å². The Balaban J connectivity index is 2.58. The molecule has 0 unspecified atom stereocenters. The van der Waals surface area contributed by atoms with E-state index >= 15 is 0 Å². The first kappa shape index (κ1) is 23.0. The molecule has 1 aromatic carbocycles. The Morgan fingerprint density at radius 1 is 1.31 bits per heavy atom. The van der Waals surface area contributed by atoms with Gasteiger partial charge >= 0.3 is 12.1 Å². The molecule has 1 aliphatic rings. The SMILES string of the molecule is COC(=O)[C@H]1CCN(C(=O)OC(C)(C)C)[C@H]1c1cc([N+](=O)[O-])ccc1SC(C)C. The maximum absolute atomic E-state index is 12.9. The zero-order chi connectivity index (χ0) is 21.9. The van der Waals surface area contributed by atoms with Crippen molar-refractivity contribution < 1.29 is 24.0 Å². The van der Waals surface area contributed by atoms with E-state index in [1.807, 2.05) is 13.8 Å². The minimum absolute atomic E-state index is 0.0900. The monoisotopic (exact) mass is 424 g/mol. The minimum atomic E-state index is -0.705. The molecule has 29 heavy (non-hydrogen) atoms. The highest BCUT2D eigenvalue weighted by molar-refractivity contribution is 8.00. The van der Waals surface area contributed by atoms with Crippen LogP contribution in [0.2, 0.25) is 0 Å². The van der Waals surface area contributed by atoms with Gasteiger partial charge in [-0.3, -0.25) is 14.9 Å². The number of carbonyl (C=O) groups is 2. The lowest BCUT2D eigenvalue weighted by Crippen LogP contribution is -2.38. The average Bonchev–Trinajstić information content (AvgIpc) is 3.04. The van der Waals surface area contributed by atoms with Crippen LogP contribution in [0.25, 0.3) is 0 Å². The van der Waals surface area contributed by atoms with Crippen molar-refractivity contribution in [1.29, 1.82) is 0 Å².